The molecule has 0 radical (unpaired) electrons. The number of nitrogens with two attached hydrogens (primary N) is 1. The minimum absolute atomic E-state index is 0.237. The number of piperidine rings is 1. The van der Waals surface area contributed by atoms with Crippen molar-refractivity contribution in [1.82, 2.24) is 46.6 Å². The van der Waals surface area contributed by atoms with Crippen LogP contribution in [0.4, 0.5) is 4.39 Å². The first-order valence-corrected chi connectivity index (χ1v) is 61.9. The van der Waals surface area contributed by atoms with Gasteiger partial charge in [0.05, 0.1) is 19.0 Å². The number of hydrogen-bond donors (Lipinski definition) is 7. The first-order chi connectivity index (χ1) is 66.9. The van der Waals surface area contributed by atoms with E-state index in [9.17, 15) is 17.6 Å². The van der Waals surface area contributed by atoms with Gasteiger partial charge in [-0.1, -0.05) is 292 Å². The van der Waals surface area contributed by atoms with E-state index in [1.54, 1.807) is 49.0 Å². The maximum atomic E-state index is 13.4. The lowest BCUT2D eigenvalue weighted by atomic mass is 9.71. The molecule has 6 unspecified atom stereocenters. The zero-order chi connectivity index (χ0) is 110. The molecule has 8 fully saturated rings. The van der Waals surface area contributed by atoms with Gasteiger partial charge >= 0.3 is 0 Å². The number of ether oxygens (including phenoxy) is 2. The Labute approximate surface area is 900 Å². The van der Waals surface area contributed by atoms with Gasteiger partial charge in [-0.05, 0) is 363 Å². The smallest absolute Gasteiger partial charge is 0.227 e. The molecular formula is C128H245FN10O5S. The average molecular weight is 2060 g/mol. The molecule has 0 aromatic heterocycles. The second-order valence-electron chi connectivity index (χ2n) is 58.5. The van der Waals surface area contributed by atoms with Crippen molar-refractivity contribution >= 4 is 15.7 Å². The molecule has 145 heavy (non-hydrogen) atoms. The number of halogens is 1. The van der Waals surface area contributed by atoms with Crippen LogP contribution in [0.3, 0.4) is 0 Å². The van der Waals surface area contributed by atoms with Gasteiger partial charge in [-0.3, -0.25) is 9.69 Å². The molecule has 11 aliphatic carbocycles. The normalized spacial score (nSPS) is 28.6. The number of alkyl halides is 1. The van der Waals surface area contributed by atoms with Crippen LogP contribution in [0.5, 0.6) is 0 Å². The Balaban J connectivity index is 0.000000337. The molecule has 1 amide bonds. The summed E-state index contributed by atoms with van der Waals surface area (Å²) in [5.41, 5.74) is 17.7. The average Bonchev–Trinajstić information content (AvgIpc) is 1.14. The molecule has 8 N–H and O–H groups in total. The van der Waals surface area contributed by atoms with Crippen LogP contribution in [0, 0.1) is 83.7 Å². The number of carbonyl (C=O) groups is 1. The first-order valence-electron chi connectivity index (χ1n) is 59.8. The van der Waals surface area contributed by atoms with E-state index >= 15 is 0 Å². The van der Waals surface area contributed by atoms with E-state index in [1.165, 1.54) is 244 Å². The Morgan fingerprint density at radius 1 is 0.469 bits per heavy atom. The SMILES string of the molecule is C=C(C)NC1CCC(C(C)(C)C)CC1.CC(C)(C)C1=CCC(N)CC1.CC(C)(C)C1=CCC(NC2CCC2)CC1.CC(C)(C)C1CCC(N2CCCCC2)CC1.CC(C)(C)C1CCC(NCCS(C)(=O)=O)CC1.CC1(F)CC(NC2CC=C(C(C)(C)C)CC2)C1.CC1CC=C(C(C)(C)C)CC1.CN(C(=O)C(C)(C)C)C1CCNC1.CNC1CC=C(C(C)(C)C)CC1.COCCN(CCOC)C1CCC(C(C)(C)C)CC1. The number of allylic oxidation sites excluding steroid dienone is 7. The fraction of sp³-hybridized carbons (Fsp3) is 0.898. The molecule has 850 valence electrons. The highest BCUT2D eigenvalue weighted by Gasteiger charge is 2.43. The third-order valence-corrected chi connectivity index (χ3v) is 36.2. The minimum atomic E-state index is -2.82. The summed E-state index contributed by atoms with van der Waals surface area (Å²) in [5.74, 6) is 4.99. The standard InChI is InChI=1S/C16H33NO2.C15H26FN.C15H29N.C14H25N.C13H27NO2S.C13H25N.C11H21N.C11H20.C10H20N2O.C10H19N/c1-16(2,3)14-6-8-15(9-7-14)17(10-12-18-4)11-13-19-5;1-14(2,3)11-5-7-12(8-6-11)17-13-9-15(4,16)10-13;1-15(2,3)13-7-9-14(10-8-13)16-11-5-4-6-12-16;1-14(2,3)11-7-9-13(10-8-11)15-12-5-4-6-12;1-13(2,3)11-5-7-12(8-6-11)14-9-10-17(4,15)16;1-10(2)14-12-8-6-11(7-9-12)13(3,4)5;1-11(2,3)9-5-7-10(12-4)8-6-9;1-9-5-7-10(8-6-9)11(2,3)4;1-10(2,3)9(13)12(4)8-5-6-11-7-8;1-10(2,3)8-4-6-9(11)7-5-8/h14-15H,6-13H2,1-5H3;5,12-13,17H,6-10H2,1-4H3;13-14H,4-12H2,1-3H3;7,12-13,15H,4-6,8-10H2,1-3H3;11-12,14H,5-10H2,1-4H3;11-12,14H,1,6-9H2,2-5H3;5,10,12H,6-8H2,1-4H3;7,9H,5-6,8H2,1-4H3;8,11H,5-7H2,1-4H3;4,9H,5-7,11H2,1-3H3. The molecule has 2 heterocycles. The second-order valence-corrected chi connectivity index (χ2v) is 60.8. The molecule has 13 aliphatic rings. The maximum absolute atomic E-state index is 13.4. The Bertz CT molecular complexity index is 3780. The maximum Gasteiger partial charge on any atom is 0.227 e. The van der Waals surface area contributed by atoms with Crippen LogP contribution in [-0.2, 0) is 24.1 Å². The third-order valence-electron chi connectivity index (χ3n) is 35.2. The predicted molar refractivity (Wildman–Crippen MR) is 632 cm³/mol. The molecular weight excluding hydrogens is 1810 g/mol. The van der Waals surface area contributed by atoms with Crippen LogP contribution in [-0.4, -0.2) is 201 Å². The van der Waals surface area contributed by atoms with Gasteiger partial charge in [-0.2, -0.15) is 0 Å². The number of carbonyl (C=O) groups excluding carboxylic acids is 1. The number of methoxy groups -OCH3 is 2. The monoisotopic (exact) mass is 2050 g/mol. The number of amides is 1. The van der Waals surface area contributed by atoms with Gasteiger partial charge in [-0.15, -0.1) is 0 Å². The lowest BCUT2D eigenvalue weighted by Crippen LogP contribution is -2.52. The summed E-state index contributed by atoms with van der Waals surface area (Å²) in [7, 11) is 4.71. The molecule has 0 aromatic rings. The first kappa shape index (κ1) is 134. The molecule has 6 saturated carbocycles. The van der Waals surface area contributed by atoms with Gasteiger partial charge in [0, 0.05) is 131 Å². The number of rotatable bonds is 20. The van der Waals surface area contributed by atoms with E-state index in [0.717, 1.165) is 124 Å². The summed E-state index contributed by atoms with van der Waals surface area (Å²) < 4.78 is 45.9. The minimum Gasteiger partial charge on any atom is -0.386 e. The molecule has 0 bridgehead atoms. The number of likely N-dealkylation sites (tertiary alicyclic amines) is 1. The van der Waals surface area contributed by atoms with Crippen molar-refractivity contribution < 1.29 is 27.1 Å². The Morgan fingerprint density at radius 2 is 0.841 bits per heavy atom. The Kier molecular flexibility index (Phi) is 58.2. The molecule has 0 aromatic carbocycles. The molecule has 15 nitrogen and oxygen atoms in total. The van der Waals surface area contributed by atoms with Crippen molar-refractivity contribution in [2.75, 3.05) is 99.4 Å². The summed E-state index contributed by atoms with van der Waals surface area (Å²) in [6.07, 6.45) is 64.6. The second kappa shape index (κ2) is 62.8. The zero-order valence-electron chi connectivity index (χ0n) is 103. The molecule has 2 aliphatic heterocycles. The van der Waals surface area contributed by atoms with E-state index < -0.39 is 15.5 Å². The van der Waals surface area contributed by atoms with Crippen molar-refractivity contribution in [3.05, 3.63) is 70.5 Å². The number of nitrogens with one attached hydrogen (secondary N) is 6. The van der Waals surface area contributed by atoms with Crippen molar-refractivity contribution in [3.8, 4) is 0 Å². The van der Waals surface area contributed by atoms with Crippen LogP contribution in [0.15, 0.2) is 70.5 Å². The number of nitrogens with zero attached hydrogens (tertiary/aromatic N) is 3. The van der Waals surface area contributed by atoms with Crippen LogP contribution >= 0.6 is 0 Å². The summed E-state index contributed by atoms with van der Waals surface area (Å²) in [6, 6.07) is 7.00. The molecule has 0 spiro atoms. The van der Waals surface area contributed by atoms with Crippen LogP contribution in [0.1, 0.15) is 485 Å². The molecule has 13 rings (SSSR count). The van der Waals surface area contributed by atoms with Gasteiger partial charge < -0.3 is 56.9 Å². The van der Waals surface area contributed by atoms with Gasteiger partial charge in [0.15, 0.2) is 0 Å². The fourth-order valence-corrected chi connectivity index (χ4v) is 24.6. The van der Waals surface area contributed by atoms with Gasteiger partial charge in [0.1, 0.15) is 15.5 Å². The number of hydrogen-bond acceptors (Lipinski definition) is 14. The largest absolute Gasteiger partial charge is 0.386 e. The molecule has 17 heteroatoms. The van der Waals surface area contributed by atoms with Crippen molar-refractivity contribution in [3.63, 3.8) is 0 Å². The Hall–Kier alpha value is -2.81. The van der Waals surface area contributed by atoms with Gasteiger partial charge in [0.25, 0.3) is 0 Å². The van der Waals surface area contributed by atoms with Gasteiger partial charge in [0.2, 0.25) is 5.91 Å². The Morgan fingerprint density at radius 3 is 1.15 bits per heavy atom. The summed E-state index contributed by atoms with van der Waals surface area (Å²) in [4.78, 5) is 19.1. The summed E-state index contributed by atoms with van der Waals surface area (Å²) in [5, 5.41) is 20.8. The predicted octanol–water partition coefficient (Wildman–Crippen LogP) is 30.7. The highest BCUT2D eigenvalue weighted by atomic mass is 32.2. The highest BCUT2D eigenvalue weighted by Crippen LogP contribution is 2.46. The zero-order valence-corrected chi connectivity index (χ0v) is 104. The highest BCUT2D eigenvalue weighted by molar-refractivity contribution is 7.90. The topological polar surface area (TPSA) is 178 Å². The van der Waals surface area contributed by atoms with Crippen LogP contribution in [0.25, 0.3) is 0 Å². The van der Waals surface area contributed by atoms with E-state index in [-0.39, 0.29) is 17.1 Å². The van der Waals surface area contributed by atoms with Crippen LogP contribution < -0.4 is 37.6 Å². The summed E-state index contributed by atoms with van der Waals surface area (Å²) >= 11 is 0. The van der Waals surface area contributed by atoms with Crippen LogP contribution in [0.2, 0.25) is 0 Å². The fourth-order valence-electron chi connectivity index (χ4n) is 24.1. The van der Waals surface area contributed by atoms with E-state index in [2.05, 4.69) is 286 Å². The van der Waals surface area contributed by atoms with Crippen molar-refractivity contribution in [1.29, 1.82) is 0 Å². The third kappa shape index (κ3) is 54.9. The number of sulfone groups is 1. The van der Waals surface area contributed by atoms with E-state index in [1.807, 2.05) is 32.7 Å². The van der Waals surface area contributed by atoms with Crippen molar-refractivity contribution in [2.24, 2.45) is 89.5 Å². The summed E-state index contributed by atoms with van der Waals surface area (Å²) in [6.45, 7) is 87.9. The van der Waals surface area contributed by atoms with Crippen molar-refractivity contribution in [2.45, 2.75) is 557 Å². The molecule has 6 atom stereocenters. The van der Waals surface area contributed by atoms with Gasteiger partial charge in [-0.25, -0.2) is 12.8 Å². The van der Waals surface area contributed by atoms with E-state index in [4.69, 9.17) is 15.2 Å². The lowest BCUT2D eigenvalue weighted by Gasteiger charge is -2.42. The van der Waals surface area contributed by atoms with E-state index in [0.29, 0.717) is 104 Å². The quantitative estimate of drug-likeness (QED) is 0.0573. The lowest BCUT2D eigenvalue weighted by molar-refractivity contribution is -0.139. The molecule has 2 saturated heterocycles. The number of likely N-dealkylation sites (N-methyl/N-ethyl adjacent to an activating group) is 1.